The first-order chi connectivity index (χ1) is 16.1. The SMILES string of the molecule is CCOc1cc(NC(=O)O)c(NC(=O)CC(=O)c2cccc(-n3ccnn3)c2)cc1C(F)(F)F. The third-order valence-corrected chi connectivity index (χ3v) is 4.42. The maximum Gasteiger partial charge on any atom is 0.420 e. The number of alkyl halides is 3. The van der Waals surface area contributed by atoms with Gasteiger partial charge in [0.1, 0.15) is 5.75 Å². The summed E-state index contributed by atoms with van der Waals surface area (Å²) in [5.41, 5.74) is -1.37. The summed E-state index contributed by atoms with van der Waals surface area (Å²) in [5, 5.41) is 20.6. The molecule has 34 heavy (non-hydrogen) atoms. The maximum absolute atomic E-state index is 13.5. The number of Topliss-reactive ketones (excluding diaryl/α,β-unsaturated/α-hetero) is 1. The molecule has 0 aliphatic rings. The van der Waals surface area contributed by atoms with E-state index < -0.39 is 47.4 Å². The molecule has 0 radical (unpaired) electrons. The molecule has 0 atom stereocenters. The molecule has 2 aromatic carbocycles. The van der Waals surface area contributed by atoms with Gasteiger partial charge in [0, 0.05) is 11.6 Å². The van der Waals surface area contributed by atoms with E-state index in [1.807, 2.05) is 5.32 Å². The van der Waals surface area contributed by atoms with Crippen LogP contribution in [0.15, 0.2) is 48.8 Å². The Labute approximate surface area is 190 Å². The van der Waals surface area contributed by atoms with Gasteiger partial charge in [0.25, 0.3) is 0 Å². The molecular weight excluding hydrogens is 459 g/mol. The molecule has 178 valence electrons. The summed E-state index contributed by atoms with van der Waals surface area (Å²) < 4.78 is 46.8. The molecule has 0 aliphatic carbocycles. The minimum Gasteiger partial charge on any atom is -0.493 e. The lowest BCUT2D eigenvalue weighted by Crippen LogP contribution is -2.20. The number of ether oxygens (including phenoxy) is 1. The molecule has 3 rings (SSSR count). The fourth-order valence-electron chi connectivity index (χ4n) is 3.01. The Morgan fingerprint density at radius 3 is 2.47 bits per heavy atom. The molecule has 0 aliphatic heterocycles. The Kier molecular flexibility index (Phi) is 7.14. The Bertz CT molecular complexity index is 1210. The van der Waals surface area contributed by atoms with Crippen LogP contribution in [-0.2, 0) is 11.0 Å². The number of hydrogen-bond donors (Lipinski definition) is 3. The fourth-order valence-corrected chi connectivity index (χ4v) is 3.01. The molecule has 0 unspecified atom stereocenters. The van der Waals surface area contributed by atoms with Crippen LogP contribution in [0, 0.1) is 0 Å². The van der Waals surface area contributed by atoms with Gasteiger partial charge in [-0.05, 0) is 25.1 Å². The standard InChI is InChI=1S/C21H18F3N5O5/c1-2-34-18-10-16(27-20(32)33)15(9-14(18)21(22,23)24)26-19(31)11-17(30)12-4-3-5-13(8-12)29-7-6-25-28-29/h3-10,27H,2,11H2,1H3,(H,26,31)(H,32,33). The van der Waals surface area contributed by atoms with Crippen molar-refractivity contribution in [3.63, 3.8) is 0 Å². The van der Waals surface area contributed by atoms with Gasteiger partial charge in [0.05, 0.1) is 48.0 Å². The summed E-state index contributed by atoms with van der Waals surface area (Å²) in [6.07, 6.45) is -4.13. The highest BCUT2D eigenvalue weighted by atomic mass is 19.4. The number of halogens is 3. The first kappa shape index (κ1) is 24.2. The number of anilines is 2. The number of nitrogens with zero attached hydrogens (tertiary/aromatic N) is 3. The summed E-state index contributed by atoms with van der Waals surface area (Å²) in [4.78, 5) is 36.1. The van der Waals surface area contributed by atoms with Crippen LogP contribution in [0.4, 0.5) is 29.3 Å². The van der Waals surface area contributed by atoms with Crippen LogP contribution in [-0.4, -0.2) is 44.5 Å². The van der Waals surface area contributed by atoms with E-state index in [2.05, 4.69) is 15.6 Å². The number of ketones is 1. The summed E-state index contributed by atoms with van der Waals surface area (Å²) >= 11 is 0. The summed E-state index contributed by atoms with van der Waals surface area (Å²) in [6, 6.07) is 7.53. The van der Waals surface area contributed by atoms with Gasteiger partial charge >= 0.3 is 12.3 Å². The number of carbonyl (C=O) groups is 3. The predicted molar refractivity (Wildman–Crippen MR) is 113 cm³/mol. The lowest BCUT2D eigenvalue weighted by molar-refractivity contribution is -0.138. The average molecular weight is 477 g/mol. The zero-order valence-electron chi connectivity index (χ0n) is 17.6. The number of carboxylic acid groups (broad SMARTS) is 1. The zero-order chi connectivity index (χ0) is 24.9. The fraction of sp³-hybridized carbons (Fsp3) is 0.190. The maximum atomic E-state index is 13.5. The summed E-state index contributed by atoms with van der Waals surface area (Å²) in [6.45, 7) is 1.35. The molecule has 0 spiro atoms. The highest BCUT2D eigenvalue weighted by molar-refractivity contribution is 6.12. The molecule has 1 heterocycles. The topological polar surface area (TPSA) is 135 Å². The van der Waals surface area contributed by atoms with Crippen molar-refractivity contribution < 1.29 is 37.4 Å². The molecule has 10 nitrogen and oxygen atoms in total. The minimum absolute atomic E-state index is 0.108. The first-order valence-corrected chi connectivity index (χ1v) is 9.76. The molecule has 3 aromatic rings. The van der Waals surface area contributed by atoms with E-state index >= 15 is 0 Å². The van der Waals surface area contributed by atoms with E-state index in [0.717, 1.165) is 6.07 Å². The summed E-state index contributed by atoms with van der Waals surface area (Å²) in [7, 11) is 0. The van der Waals surface area contributed by atoms with Gasteiger partial charge in [-0.15, -0.1) is 5.10 Å². The zero-order valence-corrected chi connectivity index (χ0v) is 17.6. The van der Waals surface area contributed by atoms with E-state index in [-0.39, 0.29) is 17.9 Å². The lowest BCUT2D eigenvalue weighted by Gasteiger charge is -2.18. The van der Waals surface area contributed by atoms with Gasteiger partial charge in [-0.25, -0.2) is 9.48 Å². The third kappa shape index (κ3) is 5.88. The summed E-state index contributed by atoms with van der Waals surface area (Å²) in [5.74, 6) is -2.17. The number of carbonyl (C=O) groups excluding carboxylic acids is 2. The monoisotopic (exact) mass is 477 g/mol. The van der Waals surface area contributed by atoms with Gasteiger partial charge in [-0.2, -0.15) is 13.2 Å². The van der Waals surface area contributed by atoms with Crippen LogP contribution in [0.1, 0.15) is 29.3 Å². The number of nitrogens with one attached hydrogen (secondary N) is 2. The average Bonchev–Trinajstić information content (AvgIpc) is 3.29. The van der Waals surface area contributed by atoms with Crippen LogP contribution in [0.3, 0.4) is 0 Å². The van der Waals surface area contributed by atoms with Crippen LogP contribution >= 0.6 is 0 Å². The van der Waals surface area contributed by atoms with Crippen molar-refractivity contribution >= 4 is 29.2 Å². The van der Waals surface area contributed by atoms with Gasteiger partial charge in [0.2, 0.25) is 5.91 Å². The molecule has 0 saturated heterocycles. The van der Waals surface area contributed by atoms with Gasteiger partial charge in [-0.3, -0.25) is 14.9 Å². The molecule has 2 amide bonds. The Balaban J connectivity index is 1.85. The van der Waals surface area contributed by atoms with Crippen LogP contribution < -0.4 is 15.4 Å². The second-order valence-corrected chi connectivity index (χ2v) is 6.80. The number of hydrogen-bond acceptors (Lipinski definition) is 6. The molecule has 13 heteroatoms. The second kappa shape index (κ2) is 10.0. The Morgan fingerprint density at radius 1 is 1.12 bits per heavy atom. The van der Waals surface area contributed by atoms with Crippen molar-refractivity contribution in [2.24, 2.45) is 0 Å². The van der Waals surface area contributed by atoms with E-state index in [1.165, 1.54) is 29.9 Å². The largest absolute Gasteiger partial charge is 0.493 e. The van der Waals surface area contributed by atoms with Gasteiger partial charge in [-0.1, -0.05) is 17.3 Å². The van der Waals surface area contributed by atoms with E-state index in [9.17, 15) is 27.6 Å². The van der Waals surface area contributed by atoms with Crippen LogP contribution in [0.5, 0.6) is 5.75 Å². The number of rotatable bonds is 8. The van der Waals surface area contributed by atoms with Crippen molar-refractivity contribution in [1.82, 2.24) is 15.0 Å². The highest BCUT2D eigenvalue weighted by Crippen LogP contribution is 2.41. The first-order valence-electron chi connectivity index (χ1n) is 9.76. The van der Waals surface area contributed by atoms with Crippen molar-refractivity contribution in [2.45, 2.75) is 19.5 Å². The Morgan fingerprint density at radius 2 is 1.85 bits per heavy atom. The quantitative estimate of drug-likeness (QED) is 0.330. The normalized spacial score (nSPS) is 11.1. The van der Waals surface area contributed by atoms with E-state index in [4.69, 9.17) is 9.84 Å². The number of amides is 2. The van der Waals surface area contributed by atoms with Crippen molar-refractivity contribution in [2.75, 3.05) is 17.2 Å². The highest BCUT2D eigenvalue weighted by Gasteiger charge is 2.36. The lowest BCUT2D eigenvalue weighted by atomic mass is 10.1. The molecule has 1 aromatic heterocycles. The van der Waals surface area contributed by atoms with Crippen LogP contribution in [0.2, 0.25) is 0 Å². The van der Waals surface area contributed by atoms with E-state index in [0.29, 0.717) is 11.8 Å². The number of aromatic nitrogens is 3. The minimum atomic E-state index is -4.84. The van der Waals surface area contributed by atoms with Gasteiger partial charge in [0.15, 0.2) is 5.78 Å². The molecule has 0 fully saturated rings. The predicted octanol–water partition coefficient (Wildman–Crippen LogP) is 3.99. The molecular formula is C21H18F3N5O5. The third-order valence-electron chi connectivity index (χ3n) is 4.42. The Hall–Kier alpha value is -4.42. The van der Waals surface area contributed by atoms with Crippen molar-refractivity contribution in [3.05, 3.63) is 59.9 Å². The molecule has 0 saturated carbocycles. The smallest absolute Gasteiger partial charge is 0.420 e. The van der Waals surface area contributed by atoms with Crippen molar-refractivity contribution in [1.29, 1.82) is 0 Å². The molecule has 0 bridgehead atoms. The van der Waals surface area contributed by atoms with E-state index in [1.54, 1.807) is 18.3 Å². The molecule has 3 N–H and O–H groups in total. The number of benzene rings is 2. The second-order valence-electron chi connectivity index (χ2n) is 6.80. The van der Waals surface area contributed by atoms with Crippen LogP contribution in [0.25, 0.3) is 5.69 Å². The van der Waals surface area contributed by atoms with Gasteiger partial charge < -0.3 is 15.2 Å². The van der Waals surface area contributed by atoms with Crippen molar-refractivity contribution in [3.8, 4) is 11.4 Å².